The van der Waals surface area contributed by atoms with Crippen LogP contribution >= 0.6 is 11.3 Å². The van der Waals surface area contributed by atoms with Gasteiger partial charge in [-0.05, 0) is 6.42 Å². The molecule has 0 aliphatic heterocycles. The molecule has 102 valence electrons. The molecule has 1 unspecified atom stereocenters. The second-order valence-electron chi connectivity index (χ2n) is 3.41. The van der Waals surface area contributed by atoms with Gasteiger partial charge in [0.15, 0.2) is 10.2 Å². The van der Waals surface area contributed by atoms with Gasteiger partial charge in [0.25, 0.3) is 0 Å². The second-order valence-corrected chi connectivity index (χ2v) is 6.90. The van der Waals surface area contributed by atoms with E-state index in [1.807, 2.05) is 6.92 Å². The highest BCUT2D eigenvalue weighted by Crippen LogP contribution is 2.21. The number of aromatic nitrogens is 1. The number of halogens is 3. The maximum Gasteiger partial charge on any atom is 0.301 e. The predicted molar refractivity (Wildman–Crippen MR) is 65.9 cm³/mol. The van der Waals surface area contributed by atoms with Crippen molar-refractivity contribution in [3.63, 3.8) is 0 Å². The summed E-state index contributed by atoms with van der Waals surface area (Å²) in [7, 11) is -2.89. The van der Waals surface area contributed by atoms with E-state index < -0.39 is 28.1 Å². The summed E-state index contributed by atoms with van der Waals surface area (Å²) in [6.07, 6.45) is -0.818. The van der Waals surface area contributed by atoms with Crippen molar-refractivity contribution in [2.75, 3.05) is 12.3 Å². The van der Waals surface area contributed by atoms with Crippen LogP contribution in [0.2, 0.25) is 0 Å². The van der Waals surface area contributed by atoms with Crippen LogP contribution in [-0.2, 0) is 9.73 Å². The van der Waals surface area contributed by atoms with E-state index in [-0.39, 0.29) is 10.1 Å². The summed E-state index contributed by atoms with van der Waals surface area (Å²) in [6, 6.07) is 0. The quantitative estimate of drug-likeness (QED) is 0.800. The van der Waals surface area contributed by atoms with E-state index >= 15 is 0 Å². The molecule has 0 aromatic carbocycles. The van der Waals surface area contributed by atoms with Crippen molar-refractivity contribution >= 4 is 21.1 Å². The van der Waals surface area contributed by atoms with Crippen LogP contribution in [-0.4, -0.2) is 21.5 Å². The van der Waals surface area contributed by atoms with Crippen molar-refractivity contribution < 1.29 is 17.4 Å². The molecule has 0 saturated heterocycles. The first-order valence-electron chi connectivity index (χ1n) is 5.29. The lowest BCUT2D eigenvalue weighted by Crippen LogP contribution is -2.08. The van der Waals surface area contributed by atoms with E-state index in [1.54, 1.807) is 5.38 Å². The van der Waals surface area contributed by atoms with Gasteiger partial charge in [0.2, 0.25) is 0 Å². The molecule has 1 aromatic heterocycles. The van der Waals surface area contributed by atoms with Crippen molar-refractivity contribution in [1.82, 2.24) is 4.98 Å². The molecule has 8 heteroatoms. The Morgan fingerprint density at radius 2 is 2.22 bits per heavy atom. The molecule has 0 aliphatic carbocycles. The van der Waals surface area contributed by atoms with Crippen molar-refractivity contribution in [3.05, 3.63) is 23.5 Å². The molecule has 3 nitrogen and oxygen atoms in total. The maximum atomic E-state index is 12.8. The molecular weight excluding hydrogens is 285 g/mol. The minimum atomic E-state index is -2.89. The van der Waals surface area contributed by atoms with Crippen molar-refractivity contribution in [2.24, 2.45) is 4.36 Å². The fraction of sp³-hybridized carbons (Fsp3) is 0.500. The Balaban J connectivity index is 2.95. The molecule has 1 atom stereocenters. The Morgan fingerprint density at radius 3 is 2.72 bits per heavy atom. The zero-order valence-electron chi connectivity index (χ0n) is 9.74. The lowest BCUT2D eigenvalue weighted by atomic mass is 10.4. The molecule has 0 bridgehead atoms. The van der Waals surface area contributed by atoms with Crippen LogP contribution in [0.5, 0.6) is 0 Å². The van der Waals surface area contributed by atoms with Crippen LogP contribution in [0.4, 0.5) is 13.2 Å². The highest BCUT2D eigenvalue weighted by Gasteiger charge is 2.17. The molecule has 0 fully saturated rings. The molecule has 0 N–H and O–H groups in total. The summed E-state index contributed by atoms with van der Waals surface area (Å²) in [6.45, 7) is 2.19. The van der Waals surface area contributed by atoms with Crippen LogP contribution < -0.4 is 0 Å². The molecule has 1 heterocycles. The molecular formula is C10H13F3N2OS2. The minimum Gasteiger partial charge on any atom is -0.242 e. The van der Waals surface area contributed by atoms with E-state index in [0.717, 1.165) is 11.3 Å². The summed E-state index contributed by atoms with van der Waals surface area (Å²) < 4.78 is 53.4. The van der Waals surface area contributed by atoms with Gasteiger partial charge in [-0.25, -0.2) is 17.9 Å². The first-order chi connectivity index (χ1) is 8.49. The van der Waals surface area contributed by atoms with Crippen LogP contribution in [0.25, 0.3) is 0 Å². The predicted octanol–water partition coefficient (Wildman–Crippen LogP) is 3.85. The van der Waals surface area contributed by atoms with Gasteiger partial charge in [-0.15, -0.1) is 11.3 Å². The molecule has 0 aliphatic rings. The van der Waals surface area contributed by atoms with Gasteiger partial charge < -0.3 is 0 Å². The third-order valence-corrected chi connectivity index (χ3v) is 5.65. The fourth-order valence-corrected chi connectivity index (χ4v) is 4.25. The minimum absolute atomic E-state index is 0.267. The molecule has 0 saturated carbocycles. The highest BCUT2D eigenvalue weighted by atomic mass is 32.2. The summed E-state index contributed by atoms with van der Waals surface area (Å²) in [5.41, 5.74) is 0. The Hall–Kier alpha value is -0.890. The van der Waals surface area contributed by atoms with Gasteiger partial charge in [-0.2, -0.15) is 8.78 Å². The first-order valence-corrected chi connectivity index (χ1v) is 7.85. The molecule has 1 rings (SSSR count). The van der Waals surface area contributed by atoms with Gasteiger partial charge in [0.05, 0.1) is 0 Å². The number of hydrogen-bond acceptors (Lipinski definition) is 4. The second kappa shape index (κ2) is 6.89. The zero-order chi connectivity index (χ0) is 13.6. The van der Waals surface area contributed by atoms with E-state index in [9.17, 15) is 17.4 Å². The Kier molecular flexibility index (Phi) is 5.80. The van der Waals surface area contributed by atoms with Gasteiger partial charge >= 0.3 is 6.08 Å². The lowest BCUT2D eigenvalue weighted by molar-refractivity contribution is 0.373. The summed E-state index contributed by atoms with van der Waals surface area (Å²) in [4.78, 5) is 3.89. The molecule has 0 amide bonds. The van der Waals surface area contributed by atoms with E-state index in [1.165, 1.54) is 6.20 Å². The van der Waals surface area contributed by atoms with Crippen molar-refractivity contribution in [2.45, 2.75) is 24.1 Å². The van der Waals surface area contributed by atoms with Crippen LogP contribution in [0.1, 0.15) is 19.8 Å². The molecule has 1 aromatic rings. The van der Waals surface area contributed by atoms with E-state index in [2.05, 4.69) is 9.35 Å². The van der Waals surface area contributed by atoms with Gasteiger partial charge in [-0.3, -0.25) is 0 Å². The van der Waals surface area contributed by atoms with Crippen LogP contribution in [0.15, 0.2) is 32.2 Å². The standard InChI is InChI=1S/C10H13F3N2OS2/c1-2-4-15-18(16,10-14-5-6-17-10)7-3-8(11)9(12)13/h5-6H,2-4,7H2,1H3. The average molecular weight is 298 g/mol. The first kappa shape index (κ1) is 15.2. The summed E-state index contributed by atoms with van der Waals surface area (Å²) in [5.74, 6) is -1.81. The fourth-order valence-electron chi connectivity index (χ4n) is 1.14. The SMILES string of the molecule is CCCN=S(=O)(CCC(F)=C(F)F)c1nccs1. The van der Waals surface area contributed by atoms with Crippen molar-refractivity contribution in [3.8, 4) is 0 Å². The Bertz CT molecular complexity index is 515. The van der Waals surface area contributed by atoms with Gasteiger partial charge in [0, 0.05) is 30.3 Å². The summed E-state index contributed by atoms with van der Waals surface area (Å²) in [5, 5.41) is 1.62. The summed E-state index contributed by atoms with van der Waals surface area (Å²) >= 11 is 1.13. The Labute approximate surface area is 108 Å². The van der Waals surface area contributed by atoms with E-state index in [0.29, 0.717) is 13.0 Å². The van der Waals surface area contributed by atoms with Crippen LogP contribution in [0, 0.1) is 0 Å². The maximum absolute atomic E-state index is 12.8. The normalized spacial score (nSPS) is 14.0. The Morgan fingerprint density at radius 1 is 1.50 bits per heavy atom. The largest absolute Gasteiger partial charge is 0.301 e. The van der Waals surface area contributed by atoms with Gasteiger partial charge in [0.1, 0.15) is 9.73 Å². The van der Waals surface area contributed by atoms with E-state index in [4.69, 9.17) is 0 Å². The van der Waals surface area contributed by atoms with Crippen LogP contribution in [0.3, 0.4) is 0 Å². The third kappa shape index (κ3) is 4.09. The molecule has 0 spiro atoms. The molecule has 0 radical (unpaired) electrons. The topological polar surface area (TPSA) is 42.3 Å². The third-order valence-electron chi connectivity index (χ3n) is 2.01. The number of allylic oxidation sites excluding steroid dienone is 1. The number of thiazole rings is 1. The smallest absolute Gasteiger partial charge is 0.242 e. The van der Waals surface area contributed by atoms with Gasteiger partial charge in [-0.1, -0.05) is 6.92 Å². The molecule has 18 heavy (non-hydrogen) atoms. The monoisotopic (exact) mass is 298 g/mol. The highest BCUT2D eigenvalue weighted by molar-refractivity contribution is 7.95. The number of hydrogen-bond donors (Lipinski definition) is 0. The zero-order valence-corrected chi connectivity index (χ0v) is 11.4. The van der Waals surface area contributed by atoms with Crippen molar-refractivity contribution in [1.29, 1.82) is 0 Å². The average Bonchev–Trinajstić information content (AvgIpc) is 2.87. The number of nitrogens with zero attached hydrogens (tertiary/aromatic N) is 2. The lowest BCUT2D eigenvalue weighted by Gasteiger charge is -2.06. The number of rotatable bonds is 6.